The Balaban J connectivity index is 2.00. The van der Waals surface area contributed by atoms with Gasteiger partial charge in [0.2, 0.25) is 15.9 Å². The molecule has 2 aromatic carbocycles. The molecule has 0 bridgehead atoms. The van der Waals surface area contributed by atoms with Gasteiger partial charge in [0.1, 0.15) is 18.2 Å². The number of rotatable bonds is 8. The van der Waals surface area contributed by atoms with Crippen LogP contribution < -0.4 is 14.8 Å². The molecule has 0 heterocycles. The molecule has 0 unspecified atom stereocenters. The van der Waals surface area contributed by atoms with Crippen molar-refractivity contribution < 1.29 is 22.3 Å². The average molecular weight is 398 g/mol. The Labute approximate surface area is 156 Å². The van der Waals surface area contributed by atoms with E-state index in [1.807, 2.05) is 6.26 Å². The van der Waals surface area contributed by atoms with E-state index >= 15 is 0 Å². The normalized spacial score (nSPS) is 11.2. The van der Waals surface area contributed by atoms with Crippen LogP contribution in [0.3, 0.4) is 0 Å². The van der Waals surface area contributed by atoms with Crippen molar-refractivity contribution in [2.45, 2.75) is 16.7 Å². The maximum absolute atomic E-state index is 12.8. The Kier molecular flexibility index (Phi) is 7.01. The fraction of sp³-hybridized carbons (Fsp3) is 0.235. The summed E-state index contributed by atoms with van der Waals surface area (Å²) in [5, 5.41) is 2.62. The van der Waals surface area contributed by atoms with Gasteiger partial charge in [0.25, 0.3) is 0 Å². The number of hydrogen-bond acceptors (Lipinski definition) is 5. The molecule has 26 heavy (non-hydrogen) atoms. The van der Waals surface area contributed by atoms with E-state index in [0.29, 0.717) is 11.4 Å². The highest BCUT2D eigenvalue weighted by Gasteiger charge is 2.16. The van der Waals surface area contributed by atoms with E-state index in [-0.39, 0.29) is 29.8 Å². The summed E-state index contributed by atoms with van der Waals surface area (Å²) in [4.78, 5) is 12.1. The molecule has 2 aromatic rings. The van der Waals surface area contributed by atoms with Crippen LogP contribution in [0.5, 0.6) is 5.75 Å². The molecule has 0 aliphatic rings. The summed E-state index contributed by atoms with van der Waals surface area (Å²) in [6.45, 7) is 1.49. The van der Waals surface area contributed by atoms with Crippen molar-refractivity contribution in [2.75, 3.05) is 24.7 Å². The standard InChI is InChI=1S/C17H19FN2O4S2/c1-12(21)20-16-11-15(7-8-17(16)25-2)26(22,23)19-9-10-24-14-5-3-13(18)4-6-14/h3-8,11,19H,9-10H2,1-2H3,(H,20,21). The van der Waals surface area contributed by atoms with Crippen LogP contribution in [-0.4, -0.2) is 33.7 Å². The number of carbonyl (C=O) groups excluding carboxylic acids is 1. The number of benzene rings is 2. The third-order valence-corrected chi connectivity index (χ3v) is 5.52. The molecule has 0 aliphatic heterocycles. The number of nitrogens with one attached hydrogen (secondary N) is 2. The first-order chi connectivity index (χ1) is 12.3. The topological polar surface area (TPSA) is 84.5 Å². The Morgan fingerprint density at radius 2 is 1.88 bits per heavy atom. The van der Waals surface area contributed by atoms with E-state index in [1.54, 1.807) is 6.07 Å². The third kappa shape index (κ3) is 5.72. The van der Waals surface area contributed by atoms with E-state index < -0.39 is 10.0 Å². The van der Waals surface area contributed by atoms with Gasteiger partial charge in [0, 0.05) is 18.4 Å². The molecule has 2 N–H and O–H groups in total. The van der Waals surface area contributed by atoms with Gasteiger partial charge in [-0.2, -0.15) is 0 Å². The van der Waals surface area contributed by atoms with Gasteiger partial charge in [0.15, 0.2) is 0 Å². The smallest absolute Gasteiger partial charge is 0.240 e. The summed E-state index contributed by atoms with van der Waals surface area (Å²) < 4.78 is 45.4. The molecule has 0 saturated carbocycles. The van der Waals surface area contributed by atoms with Gasteiger partial charge in [0.05, 0.1) is 10.6 Å². The maximum atomic E-state index is 12.8. The summed E-state index contributed by atoms with van der Waals surface area (Å²) in [5.74, 6) is -0.208. The summed E-state index contributed by atoms with van der Waals surface area (Å²) in [6.07, 6.45) is 1.83. The number of anilines is 1. The molecule has 0 radical (unpaired) electrons. The highest BCUT2D eigenvalue weighted by molar-refractivity contribution is 7.98. The first kappa shape index (κ1) is 20.2. The zero-order valence-corrected chi connectivity index (χ0v) is 15.9. The van der Waals surface area contributed by atoms with Crippen LogP contribution in [0.2, 0.25) is 0 Å². The lowest BCUT2D eigenvalue weighted by atomic mass is 10.3. The Hall–Kier alpha value is -2.10. The minimum atomic E-state index is -3.76. The molecular formula is C17H19FN2O4S2. The molecule has 0 atom stereocenters. The summed E-state index contributed by atoms with van der Waals surface area (Å²) in [5.41, 5.74) is 0.440. The average Bonchev–Trinajstić information content (AvgIpc) is 2.59. The summed E-state index contributed by atoms with van der Waals surface area (Å²) in [7, 11) is -3.76. The molecule has 0 aromatic heterocycles. The van der Waals surface area contributed by atoms with E-state index in [2.05, 4.69) is 10.0 Å². The zero-order chi connectivity index (χ0) is 19.2. The molecule has 9 heteroatoms. The first-order valence-corrected chi connectivity index (χ1v) is 10.4. The fourth-order valence-electron chi connectivity index (χ4n) is 2.10. The minimum Gasteiger partial charge on any atom is -0.492 e. The molecule has 0 fully saturated rings. The summed E-state index contributed by atoms with van der Waals surface area (Å²) >= 11 is 1.40. The van der Waals surface area contributed by atoms with Crippen molar-refractivity contribution in [1.82, 2.24) is 4.72 Å². The largest absolute Gasteiger partial charge is 0.492 e. The SMILES string of the molecule is CSc1ccc(S(=O)(=O)NCCOc2ccc(F)cc2)cc1NC(C)=O. The van der Waals surface area contributed by atoms with Gasteiger partial charge in [-0.05, 0) is 48.7 Å². The Morgan fingerprint density at radius 1 is 1.19 bits per heavy atom. The fourth-order valence-corrected chi connectivity index (χ4v) is 3.67. The van der Waals surface area contributed by atoms with Gasteiger partial charge >= 0.3 is 0 Å². The third-order valence-electron chi connectivity index (χ3n) is 3.27. The Bertz CT molecular complexity index is 871. The zero-order valence-electron chi connectivity index (χ0n) is 14.3. The predicted molar refractivity (Wildman–Crippen MR) is 99.6 cm³/mol. The molecule has 1 amide bonds. The highest BCUT2D eigenvalue weighted by atomic mass is 32.2. The van der Waals surface area contributed by atoms with E-state index in [9.17, 15) is 17.6 Å². The number of halogens is 1. The van der Waals surface area contributed by atoms with Crippen LogP contribution in [0.1, 0.15) is 6.92 Å². The second-order valence-electron chi connectivity index (χ2n) is 5.24. The van der Waals surface area contributed by atoms with E-state index in [0.717, 1.165) is 4.90 Å². The van der Waals surface area contributed by atoms with Crippen molar-refractivity contribution in [3.8, 4) is 5.75 Å². The quantitative estimate of drug-likeness (QED) is 0.528. The number of sulfonamides is 1. The van der Waals surface area contributed by atoms with Crippen LogP contribution in [0.4, 0.5) is 10.1 Å². The molecule has 2 rings (SSSR count). The number of thioether (sulfide) groups is 1. The predicted octanol–water partition coefficient (Wildman–Crippen LogP) is 2.86. The second kappa shape index (κ2) is 9.02. The highest BCUT2D eigenvalue weighted by Crippen LogP contribution is 2.28. The van der Waals surface area contributed by atoms with Gasteiger partial charge in [-0.15, -0.1) is 11.8 Å². The monoisotopic (exact) mass is 398 g/mol. The second-order valence-corrected chi connectivity index (χ2v) is 7.86. The first-order valence-electron chi connectivity index (χ1n) is 7.65. The van der Waals surface area contributed by atoms with Crippen LogP contribution >= 0.6 is 11.8 Å². The lowest BCUT2D eigenvalue weighted by Gasteiger charge is -2.12. The lowest BCUT2D eigenvalue weighted by molar-refractivity contribution is -0.114. The van der Waals surface area contributed by atoms with Crippen LogP contribution in [0, 0.1) is 5.82 Å². The van der Waals surface area contributed by atoms with Crippen molar-refractivity contribution in [3.05, 3.63) is 48.3 Å². The van der Waals surface area contributed by atoms with Crippen LogP contribution in [0.25, 0.3) is 0 Å². The number of ether oxygens (including phenoxy) is 1. The van der Waals surface area contributed by atoms with E-state index in [4.69, 9.17) is 4.74 Å². The van der Waals surface area contributed by atoms with Crippen LogP contribution in [-0.2, 0) is 14.8 Å². The number of carbonyl (C=O) groups is 1. The lowest BCUT2D eigenvalue weighted by Crippen LogP contribution is -2.28. The van der Waals surface area contributed by atoms with Gasteiger partial charge in [-0.3, -0.25) is 4.79 Å². The minimum absolute atomic E-state index is 0.0411. The maximum Gasteiger partial charge on any atom is 0.240 e. The molecule has 0 saturated heterocycles. The molecule has 0 aliphatic carbocycles. The van der Waals surface area contributed by atoms with Crippen molar-refractivity contribution in [2.24, 2.45) is 0 Å². The molecule has 140 valence electrons. The Morgan fingerprint density at radius 3 is 2.50 bits per heavy atom. The van der Waals surface area contributed by atoms with Gasteiger partial charge < -0.3 is 10.1 Å². The number of amides is 1. The van der Waals surface area contributed by atoms with E-state index in [1.165, 1.54) is 55.1 Å². The van der Waals surface area contributed by atoms with Crippen LogP contribution in [0.15, 0.2) is 52.3 Å². The van der Waals surface area contributed by atoms with Crippen molar-refractivity contribution in [1.29, 1.82) is 0 Å². The van der Waals surface area contributed by atoms with Gasteiger partial charge in [-0.25, -0.2) is 17.5 Å². The van der Waals surface area contributed by atoms with Crippen molar-refractivity contribution in [3.63, 3.8) is 0 Å². The summed E-state index contributed by atoms with van der Waals surface area (Å²) in [6, 6.07) is 9.97. The molecule has 6 nitrogen and oxygen atoms in total. The number of hydrogen-bond donors (Lipinski definition) is 2. The molecular weight excluding hydrogens is 379 g/mol. The molecule has 0 spiro atoms. The van der Waals surface area contributed by atoms with Crippen molar-refractivity contribution >= 4 is 33.4 Å². The van der Waals surface area contributed by atoms with Gasteiger partial charge in [-0.1, -0.05) is 0 Å².